The van der Waals surface area contributed by atoms with Crippen LogP contribution >= 0.6 is 11.3 Å². The minimum atomic E-state index is -0.797. The maximum atomic E-state index is 12.0. The molecule has 3 rings (SSSR count). The molecule has 0 spiro atoms. The summed E-state index contributed by atoms with van der Waals surface area (Å²) >= 11 is 1.69. The van der Waals surface area contributed by atoms with Crippen molar-refractivity contribution in [1.29, 1.82) is 0 Å². The standard InChI is InChI=1S/C17H25NO4S/c1-17(2)5-3-13-12(7-17)14(16(19)20)15(23-13)11-4-6-21-8-10(11)9-22-18/h10-11H,3-9,18H2,1-2H3,(H,19,20)/t10-,11-/m1/s1. The first-order valence-electron chi connectivity index (χ1n) is 8.20. The van der Waals surface area contributed by atoms with E-state index < -0.39 is 5.97 Å². The summed E-state index contributed by atoms with van der Waals surface area (Å²) in [5.41, 5.74) is 1.78. The van der Waals surface area contributed by atoms with Crippen LogP contribution in [-0.2, 0) is 22.4 Å². The van der Waals surface area contributed by atoms with Crippen LogP contribution in [0.3, 0.4) is 0 Å². The predicted molar refractivity (Wildman–Crippen MR) is 88.9 cm³/mol. The average Bonchev–Trinajstić information content (AvgIpc) is 2.85. The van der Waals surface area contributed by atoms with Gasteiger partial charge >= 0.3 is 5.97 Å². The number of fused-ring (bicyclic) bond motifs is 1. The molecule has 0 bridgehead atoms. The molecule has 0 amide bonds. The molecule has 1 fully saturated rings. The smallest absolute Gasteiger partial charge is 0.337 e. The van der Waals surface area contributed by atoms with Crippen LogP contribution < -0.4 is 5.90 Å². The zero-order valence-corrected chi connectivity index (χ0v) is 14.6. The molecule has 128 valence electrons. The van der Waals surface area contributed by atoms with E-state index in [1.54, 1.807) is 11.3 Å². The summed E-state index contributed by atoms with van der Waals surface area (Å²) in [4.78, 5) is 19.1. The highest BCUT2D eigenvalue weighted by Gasteiger charge is 2.37. The van der Waals surface area contributed by atoms with Crippen LogP contribution in [0, 0.1) is 11.3 Å². The topological polar surface area (TPSA) is 81.8 Å². The van der Waals surface area contributed by atoms with E-state index in [1.807, 2.05) is 0 Å². The molecule has 2 aliphatic rings. The molecule has 1 saturated heterocycles. The molecule has 0 saturated carbocycles. The Kier molecular flexibility index (Phi) is 4.78. The largest absolute Gasteiger partial charge is 0.478 e. The monoisotopic (exact) mass is 339 g/mol. The number of aromatic carboxylic acids is 1. The molecule has 1 aromatic heterocycles. The van der Waals surface area contributed by atoms with Gasteiger partial charge in [0.15, 0.2) is 0 Å². The minimum absolute atomic E-state index is 0.125. The first-order chi connectivity index (χ1) is 10.9. The second kappa shape index (κ2) is 6.51. The number of nitrogens with two attached hydrogens (primary N) is 1. The lowest BCUT2D eigenvalue weighted by molar-refractivity contribution is -0.00689. The molecule has 6 heteroatoms. The third kappa shape index (κ3) is 3.31. The molecule has 0 unspecified atom stereocenters. The third-order valence-corrected chi connectivity index (χ3v) is 6.56. The van der Waals surface area contributed by atoms with Crippen LogP contribution in [-0.4, -0.2) is 30.9 Å². The van der Waals surface area contributed by atoms with Gasteiger partial charge in [-0.25, -0.2) is 10.7 Å². The van der Waals surface area contributed by atoms with Crippen molar-refractivity contribution in [1.82, 2.24) is 0 Å². The minimum Gasteiger partial charge on any atom is -0.478 e. The summed E-state index contributed by atoms with van der Waals surface area (Å²) in [6, 6.07) is 0. The Morgan fingerprint density at radius 2 is 2.30 bits per heavy atom. The lowest BCUT2D eigenvalue weighted by Crippen LogP contribution is -2.31. The fourth-order valence-electron chi connectivity index (χ4n) is 3.87. The van der Waals surface area contributed by atoms with E-state index in [0.29, 0.717) is 25.4 Å². The van der Waals surface area contributed by atoms with E-state index >= 15 is 0 Å². The summed E-state index contributed by atoms with van der Waals surface area (Å²) in [6.45, 7) is 6.09. The fraction of sp³-hybridized carbons (Fsp3) is 0.706. The van der Waals surface area contributed by atoms with Crippen molar-refractivity contribution in [3.63, 3.8) is 0 Å². The summed E-state index contributed by atoms with van der Waals surface area (Å²) in [7, 11) is 0. The second-order valence-electron chi connectivity index (χ2n) is 7.45. The first kappa shape index (κ1) is 16.9. The van der Waals surface area contributed by atoms with E-state index in [-0.39, 0.29) is 17.3 Å². The molecular weight excluding hydrogens is 314 g/mol. The quantitative estimate of drug-likeness (QED) is 0.824. The van der Waals surface area contributed by atoms with E-state index in [0.717, 1.165) is 36.1 Å². The van der Waals surface area contributed by atoms with Crippen LogP contribution in [0.4, 0.5) is 0 Å². The Bertz CT molecular complexity index is 594. The summed E-state index contributed by atoms with van der Waals surface area (Å²) in [6.07, 6.45) is 3.77. The lowest BCUT2D eigenvalue weighted by atomic mass is 9.75. The van der Waals surface area contributed by atoms with Gasteiger partial charge in [0.1, 0.15) is 0 Å². The van der Waals surface area contributed by atoms with E-state index in [9.17, 15) is 9.90 Å². The number of ether oxygens (including phenoxy) is 1. The second-order valence-corrected chi connectivity index (χ2v) is 8.59. The zero-order chi connectivity index (χ0) is 16.6. The normalized spacial score (nSPS) is 26.7. The van der Waals surface area contributed by atoms with Crippen molar-refractivity contribution in [3.8, 4) is 0 Å². The molecule has 0 aromatic carbocycles. The predicted octanol–water partition coefficient (Wildman–Crippen LogP) is 2.97. The number of rotatable bonds is 4. The van der Waals surface area contributed by atoms with E-state index in [2.05, 4.69) is 13.8 Å². The maximum Gasteiger partial charge on any atom is 0.337 e. The van der Waals surface area contributed by atoms with Crippen LogP contribution in [0.15, 0.2) is 0 Å². The molecule has 2 atom stereocenters. The van der Waals surface area contributed by atoms with Crippen molar-refractivity contribution in [2.24, 2.45) is 17.2 Å². The number of carbonyl (C=O) groups is 1. The molecule has 1 aliphatic heterocycles. The van der Waals surface area contributed by atoms with Gasteiger partial charge in [-0.15, -0.1) is 11.3 Å². The molecule has 1 aromatic rings. The number of thiophene rings is 1. The fourth-order valence-corrected chi connectivity index (χ4v) is 5.41. The number of aryl methyl sites for hydroxylation is 1. The van der Waals surface area contributed by atoms with Crippen LogP contribution in [0.1, 0.15) is 58.3 Å². The van der Waals surface area contributed by atoms with E-state index in [1.165, 1.54) is 4.88 Å². The Labute approximate surface area is 140 Å². The third-order valence-electron chi connectivity index (χ3n) is 5.14. The molecule has 1 aliphatic carbocycles. The van der Waals surface area contributed by atoms with Gasteiger partial charge < -0.3 is 14.7 Å². The first-order valence-corrected chi connectivity index (χ1v) is 9.02. The van der Waals surface area contributed by atoms with Gasteiger partial charge in [-0.3, -0.25) is 0 Å². The van der Waals surface area contributed by atoms with Crippen molar-refractivity contribution in [3.05, 3.63) is 20.9 Å². The molecule has 0 radical (unpaired) electrons. The van der Waals surface area contributed by atoms with Gasteiger partial charge in [0, 0.05) is 28.2 Å². The Hall–Kier alpha value is -0.950. The van der Waals surface area contributed by atoms with Gasteiger partial charge in [-0.05, 0) is 36.7 Å². The highest BCUT2D eigenvalue weighted by atomic mass is 32.1. The summed E-state index contributed by atoms with van der Waals surface area (Å²) < 4.78 is 5.54. The van der Waals surface area contributed by atoms with Gasteiger partial charge in [0.2, 0.25) is 0 Å². The number of carboxylic acids is 1. The summed E-state index contributed by atoms with van der Waals surface area (Å²) in [5.74, 6) is 4.75. The summed E-state index contributed by atoms with van der Waals surface area (Å²) in [5, 5.41) is 9.85. The molecular formula is C17H25NO4S. The number of hydrogen-bond acceptors (Lipinski definition) is 5. The Balaban J connectivity index is 2.02. The zero-order valence-electron chi connectivity index (χ0n) is 13.8. The van der Waals surface area contributed by atoms with Gasteiger partial charge in [-0.2, -0.15) is 0 Å². The highest BCUT2D eigenvalue weighted by Crippen LogP contribution is 2.46. The highest BCUT2D eigenvalue weighted by molar-refractivity contribution is 7.12. The van der Waals surface area contributed by atoms with Crippen LogP contribution in [0.25, 0.3) is 0 Å². The lowest BCUT2D eigenvalue weighted by Gasteiger charge is -2.31. The Morgan fingerprint density at radius 1 is 1.52 bits per heavy atom. The van der Waals surface area contributed by atoms with Crippen LogP contribution in [0.2, 0.25) is 0 Å². The number of carboxylic acid groups (broad SMARTS) is 1. The number of hydrogen-bond donors (Lipinski definition) is 2. The van der Waals surface area contributed by atoms with Gasteiger partial charge in [0.05, 0.1) is 18.8 Å². The van der Waals surface area contributed by atoms with Gasteiger partial charge in [-0.1, -0.05) is 13.8 Å². The van der Waals surface area contributed by atoms with Crippen molar-refractivity contribution >= 4 is 17.3 Å². The van der Waals surface area contributed by atoms with Crippen molar-refractivity contribution in [2.45, 2.75) is 45.4 Å². The maximum absolute atomic E-state index is 12.0. The van der Waals surface area contributed by atoms with Crippen molar-refractivity contribution in [2.75, 3.05) is 19.8 Å². The van der Waals surface area contributed by atoms with Crippen LogP contribution in [0.5, 0.6) is 0 Å². The Morgan fingerprint density at radius 3 is 3.00 bits per heavy atom. The molecule has 3 N–H and O–H groups in total. The molecule has 2 heterocycles. The van der Waals surface area contributed by atoms with Crippen molar-refractivity contribution < 1.29 is 19.5 Å². The van der Waals surface area contributed by atoms with Gasteiger partial charge in [0.25, 0.3) is 0 Å². The van der Waals surface area contributed by atoms with E-state index in [4.69, 9.17) is 15.5 Å². The molecule has 5 nitrogen and oxygen atoms in total. The average molecular weight is 339 g/mol. The SMILES string of the molecule is CC1(C)CCc2sc([C@@H]3CCOC[C@@H]3CON)c(C(=O)O)c2C1. The molecule has 23 heavy (non-hydrogen) atoms.